The van der Waals surface area contributed by atoms with Crippen molar-refractivity contribution < 1.29 is 4.79 Å². The Bertz CT molecular complexity index is 436. The molecule has 16 heavy (non-hydrogen) atoms. The van der Waals surface area contributed by atoms with E-state index >= 15 is 0 Å². The van der Waals surface area contributed by atoms with Crippen LogP contribution < -0.4 is 0 Å². The van der Waals surface area contributed by atoms with Crippen LogP contribution in [0.4, 0.5) is 0 Å². The largest absolute Gasteiger partial charge is 0.289 e. The maximum atomic E-state index is 12.0. The minimum atomic E-state index is 0.0422. The molecule has 0 N–H and O–H groups in total. The van der Waals surface area contributed by atoms with Gasteiger partial charge in [0.15, 0.2) is 5.78 Å². The molecule has 0 aliphatic rings. The first-order valence-corrected chi connectivity index (χ1v) is 5.25. The number of benzene rings is 1. The van der Waals surface area contributed by atoms with Gasteiger partial charge in [-0.25, -0.2) is 0 Å². The van der Waals surface area contributed by atoms with Crippen molar-refractivity contribution in [1.82, 2.24) is 0 Å². The van der Waals surface area contributed by atoms with E-state index in [4.69, 9.17) is 0 Å². The smallest absolute Gasteiger partial charge is 0.192 e. The van der Waals surface area contributed by atoms with Gasteiger partial charge in [0, 0.05) is 11.1 Å². The normalized spacial score (nSPS) is 11.8. The van der Waals surface area contributed by atoms with E-state index in [1.165, 1.54) is 0 Å². The molecule has 1 aromatic carbocycles. The number of allylic oxidation sites excluding steroid dienone is 5. The number of hydrogen-bond acceptors (Lipinski definition) is 1. The molecule has 0 atom stereocenters. The van der Waals surface area contributed by atoms with Gasteiger partial charge in [0.05, 0.1) is 0 Å². The molecule has 0 saturated heterocycles. The molecule has 1 aromatic rings. The number of carbonyl (C=O) groups excluding carboxylic acids is 1. The molecule has 0 aliphatic heterocycles. The summed E-state index contributed by atoms with van der Waals surface area (Å²) < 4.78 is 0. The van der Waals surface area contributed by atoms with E-state index in [0.717, 1.165) is 5.57 Å². The predicted molar refractivity (Wildman–Crippen MR) is 68.5 cm³/mol. The molecule has 0 unspecified atom stereocenters. The molecule has 0 fully saturated rings. The van der Waals surface area contributed by atoms with E-state index in [1.54, 1.807) is 6.08 Å². The standard InChI is InChI=1S/C15H16O/c1-4-13(11-10-12(2)3)15(16)14-8-6-5-7-9-14/h4-11H,2H2,1,3H3/b11-10-,13-4?. The quantitative estimate of drug-likeness (QED) is 0.419. The van der Waals surface area contributed by atoms with Gasteiger partial charge in [-0.1, -0.05) is 60.7 Å². The fourth-order valence-corrected chi connectivity index (χ4v) is 1.29. The summed E-state index contributed by atoms with van der Waals surface area (Å²) in [7, 11) is 0. The molecule has 82 valence electrons. The van der Waals surface area contributed by atoms with Crippen LogP contribution in [0.25, 0.3) is 0 Å². The Balaban J connectivity index is 2.92. The van der Waals surface area contributed by atoms with Crippen LogP contribution in [-0.4, -0.2) is 5.78 Å². The summed E-state index contributed by atoms with van der Waals surface area (Å²) in [4.78, 5) is 12.0. The average molecular weight is 212 g/mol. The molecule has 1 nitrogen and oxygen atoms in total. The Morgan fingerprint density at radius 2 is 1.81 bits per heavy atom. The Morgan fingerprint density at radius 1 is 1.19 bits per heavy atom. The van der Waals surface area contributed by atoms with Crippen molar-refractivity contribution in [1.29, 1.82) is 0 Å². The molecule has 0 saturated carbocycles. The Kier molecular flexibility index (Phi) is 4.46. The highest BCUT2D eigenvalue weighted by Crippen LogP contribution is 2.10. The van der Waals surface area contributed by atoms with E-state index < -0.39 is 0 Å². The van der Waals surface area contributed by atoms with Gasteiger partial charge in [0.2, 0.25) is 0 Å². The van der Waals surface area contributed by atoms with Crippen molar-refractivity contribution in [3.05, 3.63) is 71.8 Å². The monoisotopic (exact) mass is 212 g/mol. The third-order valence-corrected chi connectivity index (χ3v) is 2.16. The van der Waals surface area contributed by atoms with Gasteiger partial charge in [0.25, 0.3) is 0 Å². The maximum Gasteiger partial charge on any atom is 0.192 e. The van der Waals surface area contributed by atoms with Crippen molar-refractivity contribution in [2.45, 2.75) is 13.8 Å². The second-order valence-electron chi connectivity index (χ2n) is 3.62. The van der Waals surface area contributed by atoms with Gasteiger partial charge in [-0.05, 0) is 13.8 Å². The first-order chi connectivity index (χ1) is 7.65. The summed E-state index contributed by atoms with van der Waals surface area (Å²) in [5, 5.41) is 0. The SMILES string of the molecule is C=C(C)/C=C\C(=CC)C(=O)c1ccccc1. The van der Waals surface area contributed by atoms with E-state index in [1.807, 2.05) is 56.3 Å². The Hall–Kier alpha value is -1.89. The first-order valence-electron chi connectivity index (χ1n) is 5.25. The van der Waals surface area contributed by atoms with Gasteiger partial charge >= 0.3 is 0 Å². The molecule has 0 aromatic heterocycles. The predicted octanol–water partition coefficient (Wildman–Crippen LogP) is 3.95. The average Bonchev–Trinajstić information content (AvgIpc) is 2.30. The molecule has 0 radical (unpaired) electrons. The lowest BCUT2D eigenvalue weighted by molar-refractivity contribution is 0.103. The van der Waals surface area contributed by atoms with Crippen molar-refractivity contribution in [2.75, 3.05) is 0 Å². The zero-order chi connectivity index (χ0) is 12.0. The number of hydrogen-bond donors (Lipinski definition) is 0. The molecule has 1 rings (SSSR count). The molecule has 1 heteroatoms. The molecule has 0 amide bonds. The highest BCUT2D eigenvalue weighted by atomic mass is 16.1. The molecule has 0 heterocycles. The van der Waals surface area contributed by atoms with E-state index in [-0.39, 0.29) is 5.78 Å². The van der Waals surface area contributed by atoms with E-state index in [2.05, 4.69) is 6.58 Å². The third-order valence-electron chi connectivity index (χ3n) is 2.16. The summed E-state index contributed by atoms with van der Waals surface area (Å²) in [6, 6.07) is 9.27. The molecule has 0 aliphatic carbocycles. The van der Waals surface area contributed by atoms with Crippen LogP contribution in [0.1, 0.15) is 24.2 Å². The molecule has 0 spiro atoms. The molecule has 0 bridgehead atoms. The lowest BCUT2D eigenvalue weighted by atomic mass is 10.0. The van der Waals surface area contributed by atoms with Crippen LogP contribution in [0.2, 0.25) is 0 Å². The summed E-state index contributed by atoms with van der Waals surface area (Å²) in [6.07, 6.45) is 5.46. The van der Waals surface area contributed by atoms with Gasteiger partial charge < -0.3 is 0 Å². The van der Waals surface area contributed by atoms with Gasteiger partial charge in [-0.3, -0.25) is 4.79 Å². The van der Waals surface area contributed by atoms with Crippen LogP contribution in [0.3, 0.4) is 0 Å². The van der Waals surface area contributed by atoms with Crippen molar-refractivity contribution in [2.24, 2.45) is 0 Å². The number of carbonyl (C=O) groups is 1. The second-order valence-corrected chi connectivity index (χ2v) is 3.62. The minimum Gasteiger partial charge on any atom is -0.289 e. The Morgan fingerprint density at radius 3 is 2.31 bits per heavy atom. The van der Waals surface area contributed by atoms with Crippen LogP contribution in [0, 0.1) is 0 Å². The fraction of sp³-hybridized carbons (Fsp3) is 0.133. The van der Waals surface area contributed by atoms with Crippen molar-refractivity contribution >= 4 is 5.78 Å². The highest BCUT2D eigenvalue weighted by Gasteiger charge is 2.07. The first kappa shape index (κ1) is 12.2. The van der Waals surface area contributed by atoms with Crippen LogP contribution in [0.5, 0.6) is 0 Å². The zero-order valence-electron chi connectivity index (χ0n) is 9.73. The number of Topliss-reactive ketones (excluding diaryl/α,β-unsaturated/α-hetero) is 1. The number of rotatable bonds is 4. The fourth-order valence-electron chi connectivity index (χ4n) is 1.29. The number of ketones is 1. The third kappa shape index (κ3) is 3.35. The van der Waals surface area contributed by atoms with Gasteiger partial charge in [0.1, 0.15) is 0 Å². The van der Waals surface area contributed by atoms with Gasteiger partial charge in [-0.2, -0.15) is 0 Å². The topological polar surface area (TPSA) is 17.1 Å². The zero-order valence-corrected chi connectivity index (χ0v) is 9.73. The molecular formula is C15H16O. The van der Waals surface area contributed by atoms with Crippen molar-refractivity contribution in [3.8, 4) is 0 Å². The van der Waals surface area contributed by atoms with Gasteiger partial charge in [-0.15, -0.1) is 0 Å². The van der Waals surface area contributed by atoms with Crippen LogP contribution in [0.15, 0.2) is 66.3 Å². The molecular weight excluding hydrogens is 196 g/mol. The Labute approximate surface area is 96.8 Å². The maximum absolute atomic E-state index is 12.0. The summed E-state index contributed by atoms with van der Waals surface area (Å²) >= 11 is 0. The lowest BCUT2D eigenvalue weighted by Crippen LogP contribution is -2.00. The van der Waals surface area contributed by atoms with E-state index in [9.17, 15) is 4.79 Å². The van der Waals surface area contributed by atoms with Crippen LogP contribution >= 0.6 is 0 Å². The lowest BCUT2D eigenvalue weighted by Gasteiger charge is -2.01. The minimum absolute atomic E-state index is 0.0422. The highest BCUT2D eigenvalue weighted by molar-refractivity contribution is 6.10. The summed E-state index contributed by atoms with van der Waals surface area (Å²) in [5.74, 6) is 0.0422. The van der Waals surface area contributed by atoms with Crippen molar-refractivity contribution in [3.63, 3.8) is 0 Å². The second kappa shape index (κ2) is 5.86. The van der Waals surface area contributed by atoms with E-state index in [0.29, 0.717) is 11.1 Å². The van der Waals surface area contributed by atoms with Crippen LogP contribution in [-0.2, 0) is 0 Å². The summed E-state index contributed by atoms with van der Waals surface area (Å²) in [6.45, 7) is 7.53. The summed E-state index contributed by atoms with van der Waals surface area (Å²) in [5.41, 5.74) is 2.33.